The lowest BCUT2D eigenvalue weighted by molar-refractivity contribution is 0.779. The summed E-state index contributed by atoms with van der Waals surface area (Å²) in [4.78, 5) is 4.41. The van der Waals surface area contributed by atoms with Gasteiger partial charge in [0.05, 0.1) is 19.7 Å². The summed E-state index contributed by atoms with van der Waals surface area (Å²) in [6, 6.07) is 14.1. The van der Waals surface area contributed by atoms with Crippen molar-refractivity contribution in [2.75, 3.05) is 0 Å². The van der Waals surface area contributed by atoms with E-state index in [1.165, 1.54) is 0 Å². The Morgan fingerprint density at radius 3 is 2.58 bits per heavy atom. The maximum Gasteiger partial charge on any atom is 0.125 e. The van der Waals surface area contributed by atoms with Gasteiger partial charge in [0, 0.05) is 11.5 Å². The average Bonchev–Trinajstić information content (AvgIpc) is 2.87. The second-order valence-electron chi connectivity index (χ2n) is 4.10. The highest BCUT2D eigenvalue weighted by molar-refractivity contribution is 6.30. The van der Waals surface area contributed by atoms with E-state index in [2.05, 4.69) is 4.98 Å². The average molecular weight is 293 g/mol. The van der Waals surface area contributed by atoms with Crippen LogP contribution in [0.5, 0.6) is 0 Å². The minimum absolute atomic E-state index is 0.141. The standard InChI is InChI=1S/C15H12Cl2N2/c16-9-15-18-13-3-1-2-4-14(13)19(15)10-11-5-7-12(17)8-6-11/h1-8H,9-10H2/i10D2. The molecule has 0 bridgehead atoms. The van der Waals surface area contributed by atoms with Crippen molar-refractivity contribution in [2.24, 2.45) is 0 Å². The number of fused-ring (bicyclic) bond motifs is 1. The molecule has 2 aromatic carbocycles. The molecular weight excluding hydrogens is 279 g/mol. The molecule has 1 heterocycles. The van der Waals surface area contributed by atoms with Crippen LogP contribution in [0.15, 0.2) is 48.5 Å². The monoisotopic (exact) mass is 292 g/mol. The number of imidazole rings is 1. The minimum Gasteiger partial charge on any atom is -0.322 e. The molecule has 0 unspecified atom stereocenters. The van der Waals surface area contributed by atoms with Gasteiger partial charge in [0.25, 0.3) is 0 Å². The van der Waals surface area contributed by atoms with E-state index in [1.54, 1.807) is 28.8 Å². The summed E-state index contributed by atoms with van der Waals surface area (Å²) in [6.45, 7) is -1.76. The minimum atomic E-state index is -1.76. The molecule has 0 aliphatic rings. The van der Waals surface area contributed by atoms with Crippen LogP contribution in [0.1, 0.15) is 14.1 Å². The van der Waals surface area contributed by atoms with Crippen molar-refractivity contribution in [1.82, 2.24) is 9.55 Å². The van der Waals surface area contributed by atoms with Gasteiger partial charge < -0.3 is 4.57 Å². The number of hydrogen-bond donors (Lipinski definition) is 0. The molecule has 0 atom stereocenters. The van der Waals surface area contributed by atoms with Crippen LogP contribution >= 0.6 is 23.2 Å². The van der Waals surface area contributed by atoms with E-state index in [0.717, 1.165) is 5.52 Å². The third kappa shape index (κ3) is 2.46. The molecule has 4 heteroatoms. The van der Waals surface area contributed by atoms with Gasteiger partial charge in [-0.15, -0.1) is 11.6 Å². The third-order valence-electron chi connectivity index (χ3n) is 2.83. The largest absolute Gasteiger partial charge is 0.322 e. The van der Waals surface area contributed by atoms with Crippen molar-refractivity contribution in [3.05, 3.63) is 64.9 Å². The van der Waals surface area contributed by atoms with Crippen LogP contribution < -0.4 is 0 Å². The Morgan fingerprint density at radius 1 is 1.11 bits per heavy atom. The lowest BCUT2D eigenvalue weighted by Gasteiger charge is -2.08. The number of benzene rings is 2. The second-order valence-corrected chi connectivity index (χ2v) is 4.81. The molecule has 0 amide bonds. The smallest absolute Gasteiger partial charge is 0.125 e. The van der Waals surface area contributed by atoms with Crippen LogP contribution in [0.25, 0.3) is 11.0 Å². The van der Waals surface area contributed by atoms with Crippen molar-refractivity contribution in [2.45, 2.75) is 12.4 Å². The van der Waals surface area contributed by atoms with Crippen LogP contribution in [0.4, 0.5) is 0 Å². The number of nitrogens with zero attached hydrogens (tertiary/aromatic N) is 2. The Morgan fingerprint density at radius 2 is 1.84 bits per heavy atom. The summed E-state index contributed by atoms with van der Waals surface area (Å²) < 4.78 is 18.6. The van der Waals surface area contributed by atoms with E-state index in [4.69, 9.17) is 25.9 Å². The highest BCUT2D eigenvalue weighted by atomic mass is 35.5. The molecule has 2 nitrogen and oxygen atoms in total. The molecule has 0 radical (unpaired) electrons. The third-order valence-corrected chi connectivity index (χ3v) is 3.33. The second kappa shape index (κ2) is 5.24. The maximum atomic E-state index is 8.51. The van der Waals surface area contributed by atoms with Crippen LogP contribution in [0.2, 0.25) is 5.02 Å². The maximum absolute atomic E-state index is 8.51. The molecule has 96 valence electrons. The number of rotatable bonds is 3. The zero-order valence-corrected chi connectivity index (χ0v) is 11.5. The number of hydrogen-bond acceptors (Lipinski definition) is 1. The predicted octanol–water partition coefficient (Wildman–Crippen LogP) is 4.48. The number of aromatic nitrogens is 2. The highest BCUT2D eigenvalue weighted by Crippen LogP contribution is 2.19. The summed E-state index contributed by atoms with van der Waals surface area (Å²) in [6.07, 6.45) is 0. The summed E-state index contributed by atoms with van der Waals surface area (Å²) in [5.41, 5.74) is 1.94. The molecule has 19 heavy (non-hydrogen) atoms. The van der Waals surface area contributed by atoms with E-state index < -0.39 is 6.50 Å². The summed E-state index contributed by atoms with van der Waals surface area (Å²) >= 11 is 11.8. The SMILES string of the molecule is [2H]C([2H])(c1ccc(Cl)cc1)n1c(CCl)nc2ccccc21. The first-order valence-corrected chi connectivity index (χ1v) is 6.74. The molecule has 0 aliphatic carbocycles. The van der Waals surface area contributed by atoms with Gasteiger partial charge in [-0.2, -0.15) is 0 Å². The Bertz CT molecular complexity index is 782. The van der Waals surface area contributed by atoms with Crippen molar-refractivity contribution in [3.8, 4) is 0 Å². The van der Waals surface area contributed by atoms with Gasteiger partial charge in [0.2, 0.25) is 0 Å². The van der Waals surface area contributed by atoms with Gasteiger partial charge >= 0.3 is 0 Å². The zero-order valence-electron chi connectivity index (χ0n) is 12.0. The molecule has 0 spiro atoms. The van der Waals surface area contributed by atoms with Crippen molar-refractivity contribution in [3.63, 3.8) is 0 Å². The van der Waals surface area contributed by atoms with Gasteiger partial charge in [-0.25, -0.2) is 4.98 Å². The first kappa shape index (κ1) is 10.3. The molecule has 0 saturated heterocycles. The Kier molecular flexibility index (Phi) is 2.84. The van der Waals surface area contributed by atoms with Crippen molar-refractivity contribution >= 4 is 34.2 Å². The molecule has 0 N–H and O–H groups in total. The van der Waals surface area contributed by atoms with Crippen LogP contribution in [-0.2, 0) is 12.4 Å². The van der Waals surface area contributed by atoms with E-state index in [9.17, 15) is 0 Å². The fourth-order valence-electron chi connectivity index (χ4n) is 1.94. The lowest BCUT2D eigenvalue weighted by atomic mass is 10.2. The van der Waals surface area contributed by atoms with E-state index in [1.807, 2.05) is 24.3 Å². The van der Waals surface area contributed by atoms with Crippen LogP contribution in [0.3, 0.4) is 0 Å². The molecule has 3 rings (SSSR count). The Balaban J connectivity index is 2.24. The fraction of sp³-hybridized carbons (Fsp3) is 0.133. The quantitative estimate of drug-likeness (QED) is 0.651. The topological polar surface area (TPSA) is 17.8 Å². The van der Waals surface area contributed by atoms with Gasteiger partial charge in [0.15, 0.2) is 0 Å². The lowest BCUT2D eigenvalue weighted by Crippen LogP contribution is -2.03. The Hall–Kier alpha value is -1.51. The fourth-order valence-corrected chi connectivity index (χ4v) is 2.25. The molecular formula is C15H12Cl2N2. The van der Waals surface area contributed by atoms with E-state index in [-0.39, 0.29) is 5.88 Å². The zero-order chi connectivity index (χ0) is 15.0. The summed E-state index contributed by atoms with van der Waals surface area (Å²) in [5.74, 6) is 0.639. The van der Waals surface area contributed by atoms with Crippen molar-refractivity contribution in [1.29, 1.82) is 0 Å². The van der Waals surface area contributed by atoms with Gasteiger partial charge in [0.1, 0.15) is 5.82 Å². The normalized spacial score (nSPS) is 13.4. The van der Waals surface area contributed by atoms with Crippen LogP contribution in [0, 0.1) is 0 Å². The van der Waals surface area contributed by atoms with Crippen LogP contribution in [-0.4, -0.2) is 9.55 Å². The van der Waals surface area contributed by atoms with Gasteiger partial charge in [-0.1, -0.05) is 35.9 Å². The first-order chi connectivity index (χ1) is 10.0. The molecule has 0 fully saturated rings. The summed E-state index contributed by atoms with van der Waals surface area (Å²) in [5, 5.41) is 0.572. The number of para-hydroxylation sites is 2. The molecule has 3 aromatic rings. The van der Waals surface area contributed by atoms with E-state index in [0.29, 0.717) is 21.9 Å². The summed E-state index contributed by atoms with van der Waals surface area (Å²) in [7, 11) is 0. The van der Waals surface area contributed by atoms with E-state index >= 15 is 0 Å². The molecule has 0 aliphatic heterocycles. The van der Waals surface area contributed by atoms with Gasteiger partial charge in [-0.3, -0.25) is 0 Å². The number of alkyl halides is 1. The first-order valence-electron chi connectivity index (χ1n) is 6.83. The predicted molar refractivity (Wildman–Crippen MR) is 79.8 cm³/mol. The Labute approximate surface area is 124 Å². The van der Waals surface area contributed by atoms with Gasteiger partial charge in [-0.05, 0) is 29.8 Å². The van der Waals surface area contributed by atoms with Crippen molar-refractivity contribution < 1.29 is 2.74 Å². The molecule has 1 aromatic heterocycles. The highest BCUT2D eigenvalue weighted by Gasteiger charge is 2.09. The molecule has 0 saturated carbocycles. The number of halogens is 2.